The van der Waals surface area contributed by atoms with E-state index in [0.717, 1.165) is 0 Å². The van der Waals surface area contributed by atoms with E-state index >= 15 is 0 Å². The number of nitrogens with zero attached hydrogens (tertiary/aromatic N) is 2. The van der Waals surface area contributed by atoms with E-state index in [2.05, 4.69) is 0 Å². The third-order valence-electron chi connectivity index (χ3n) is 5.29. The SMILES string of the molecule is CCN(c1ccc(C(COC)CC(=O)OC)cc1[N+](=O)[O-])C1CCS(=O)(=O)CC1. The van der Waals surface area contributed by atoms with E-state index in [1.165, 1.54) is 20.3 Å². The first kappa shape index (κ1) is 23.1. The molecule has 1 fully saturated rings. The van der Waals surface area contributed by atoms with Gasteiger partial charge in [-0.1, -0.05) is 6.07 Å². The maximum absolute atomic E-state index is 11.8. The molecular formula is C19H28N2O7S. The summed E-state index contributed by atoms with van der Waals surface area (Å²) in [4.78, 5) is 25.0. The maximum Gasteiger partial charge on any atom is 0.306 e. The van der Waals surface area contributed by atoms with Crippen LogP contribution in [0.5, 0.6) is 0 Å². The molecule has 2 rings (SSSR count). The van der Waals surface area contributed by atoms with Gasteiger partial charge in [0.25, 0.3) is 5.69 Å². The molecule has 10 heteroatoms. The molecule has 0 N–H and O–H groups in total. The Kier molecular flexibility index (Phi) is 7.97. The summed E-state index contributed by atoms with van der Waals surface area (Å²) < 4.78 is 33.4. The lowest BCUT2D eigenvalue weighted by Gasteiger charge is -2.35. The van der Waals surface area contributed by atoms with Crippen molar-refractivity contribution in [1.29, 1.82) is 0 Å². The predicted molar refractivity (Wildman–Crippen MR) is 109 cm³/mol. The maximum atomic E-state index is 11.8. The Morgan fingerprint density at radius 3 is 2.48 bits per heavy atom. The summed E-state index contributed by atoms with van der Waals surface area (Å²) in [6, 6.07) is 4.85. The van der Waals surface area contributed by atoms with Crippen molar-refractivity contribution in [2.24, 2.45) is 0 Å². The van der Waals surface area contributed by atoms with Crippen LogP contribution < -0.4 is 4.90 Å². The first-order valence-electron chi connectivity index (χ1n) is 9.53. The lowest BCUT2D eigenvalue weighted by molar-refractivity contribution is -0.384. The van der Waals surface area contributed by atoms with E-state index in [0.29, 0.717) is 30.6 Å². The van der Waals surface area contributed by atoms with Crippen LogP contribution in [0, 0.1) is 10.1 Å². The van der Waals surface area contributed by atoms with Crippen molar-refractivity contribution in [2.45, 2.75) is 38.1 Å². The van der Waals surface area contributed by atoms with E-state index in [4.69, 9.17) is 9.47 Å². The van der Waals surface area contributed by atoms with Crippen molar-refractivity contribution < 1.29 is 27.6 Å². The summed E-state index contributed by atoms with van der Waals surface area (Å²) in [6.07, 6.45) is 0.951. The van der Waals surface area contributed by atoms with Crippen LogP contribution in [-0.2, 0) is 24.1 Å². The van der Waals surface area contributed by atoms with Gasteiger partial charge in [0.1, 0.15) is 15.5 Å². The molecule has 1 heterocycles. The molecule has 1 unspecified atom stereocenters. The van der Waals surface area contributed by atoms with Gasteiger partial charge in [-0.3, -0.25) is 14.9 Å². The standard InChI is InChI=1S/C19H28N2O7S/c1-4-20(16-7-9-29(25,26)10-8-16)17-6-5-14(11-18(17)21(23)24)15(13-27-2)12-19(22)28-3/h5-6,11,15-16H,4,7-10,12-13H2,1-3H3. The first-order valence-corrected chi connectivity index (χ1v) is 11.4. The number of hydrogen-bond donors (Lipinski definition) is 0. The summed E-state index contributed by atoms with van der Waals surface area (Å²) in [5.74, 6) is -0.600. The number of hydrogen-bond acceptors (Lipinski definition) is 8. The summed E-state index contributed by atoms with van der Waals surface area (Å²) in [5, 5.41) is 11.8. The molecule has 0 amide bonds. The average Bonchev–Trinajstić information content (AvgIpc) is 2.69. The lowest BCUT2D eigenvalue weighted by atomic mass is 9.95. The molecule has 1 aromatic rings. The molecule has 0 radical (unpaired) electrons. The Labute approximate surface area is 171 Å². The van der Waals surface area contributed by atoms with Crippen LogP contribution in [-0.4, -0.2) is 64.2 Å². The fourth-order valence-electron chi connectivity index (χ4n) is 3.76. The number of carbonyl (C=O) groups excluding carboxylic acids is 1. The second-order valence-electron chi connectivity index (χ2n) is 7.11. The molecule has 162 valence electrons. The van der Waals surface area contributed by atoms with Crippen LogP contribution in [0.1, 0.15) is 37.7 Å². The van der Waals surface area contributed by atoms with Crippen LogP contribution in [0.3, 0.4) is 0 Å². The van der Waals surface area contributed by atoms with Gasteiger partial charge in [-0.15, -0.1) is 0 Å². The van der Waals surface area contributed by atoms with Gasteiger partial charge in [-0.25, -0.2) is 8.42 Å². The van der Waals surface area contributed by atoms with Gasteiger partial charge in [0.05, 0.1) is 36.6 Å². The topological polar surface area (TPSA) is 116 Å². The molecule has 0 saturated carbocycles. The van der Waals surface area contributed by atoms with Crippen molar-refractivity contribution in [3.63, 3.8) is 0 Å². The van der Waals surface area contributed by atoms with Crippen molar-refractivity contribution in [3.05, 3.63) is 33.9 Å². The quantitative estimate of drug-likeness (QED) is 0.334. The molecule has 0 spiro atoms. The van der Waals surface area contributed by atoms with Gasteiger partial charge in [0.15, 0.2) is 0 Å². The molecule has 0 aromatic heterocycles. The molecule has 0 bridgehead atoms. The molecule has 1 atom stereocenters. The molecule has 29 heavy (non-hydrogen) atoms. The Hall–Kier alpha value is -2.20. The van der Waals surface area contributed by atoms with Gasteiger partial charge < -0.3 is 14.4 Å². The van der Waals surface area contributed by atoms with Crippen molar-refractivity contribution in [3.8, 4) is 0 Å². The molecule has 1 aliphatic heterocycles. The molecule has 1 aliphatic rings. The van der Waals surface area contributed by atoms with Gasteiger partial charge in [0.2, 0.25) is 0 Å². The van der Waals surface area contributed by atoms with Crippen LogP contribution in [0.25, 0.3) is 0 Å². The third kappa shape index (κ3) is 5.89. The van der Waals surface area contributed by atoms with Gasteiger partial charge in [-0.05, 0) is 31.4 Å². The van der Waals surface area contributed by atoms with Crippen LogP contribution in [0.4, 0.5) is 11.4 Å². The minimum absolute atomic E-state index is 0.0544. The number of rotatable bonds is 9. The second kappa shape index (κ2) is 10.0. The average molecular weight is 429 g/mol. The van der Waals surface area contributed by atoms with E-state index in [1.54, 1.807) is 12.1 Å². The van der Waals surface area contributed by atoms with Crippen molar-refractivity contribution >= 4 is 27.2 Å². The monoisotopic (exact) mass is 428 g/mol. The van der Waals surface area contributed by atoms with E-state index in [9.17, 15) is 23.3 Å². The zero-order chi connectivity index (χ0) is 21.6. The van der Waals surface area contributed by atoms with Crippen LogP contribution in [0.2, 0.25) is 0 Å². The molecular weight excluding hydrogens is 400 g/mol. The highest BCUT2D eigenvalue weighted by Crippen LogP contribution is 2.35. The molecule has 9 nitrogen and oxygen atoms in total. The number of sulfone groups is 1. The number of esters is 1. The Morgan fingerprint density at radius 2 is 1.97 bits per heavy atom. The number of nitro benzene ring substituents is 1. The number of methoxy groups -OCH3 is 2. The predicted octanol–water partition coefficient (Wildman–Crippen LogP) is 2.29. The smallest absolute Gasteiger partial charge is 0.306 e. The van der Waals surface area contributed by atoms with Crippen molar-refractivity contribution in [1.82, 2.24) is 0 Å². The van der Waals surface area contributed by atoms with Crippen molar-refractivity contribution in [2.75, 3.05) is 43.8 Å². The minimum Gasteiger partial charge on any atom is -0.469 e. The summed E-state index contributed by atoms with van der Waals surface area (Å²) in [6.45, 7) is 2.64. The number of nitro groups is 1. The van der Waals surface area contributed by atoms with Gasteiger partial charge in [0, 0.05) is 31.7 Å². The number of anilines is 1. The summed E-state index contributed by atoms with van der Waals surface area (Å²) in [5.41, 5.74) is 1.01. The molecule has 0 aliphatic carbocycles. The van der Waals surface area contributed by atoms with Crippen LogP contribution in [0.15, 0.2) is 18.2 Å². The van der Waals surface area contributed by atoms with Gasteiger partial charge >= 0.3 is 5.97 Å². The Bertz CT molecular complexity index is 827. The minimum atomic E-state index is -3.02. The zero-order valence-corrected chi connectivity index (χ0v) is 17.8. The fraction of sp³-hybridized carbons (Fsp3) is 0.632. The van der Waals surface area contributed by atoms with Crippen LogP contribution >= 0.6 is 0 Å². The second-order valence-corrected chi connectivity index (χ2v) is 9.41. The summed E-state index contributed by atoms with van der Waals surface area (Å²) >= 11 is 0. The van der Waals surface area contributed by atoms with E-state index in [1.807, 2.05) is 11.8 Å². The number of ether oxygens (including phenoxy) is 2. The summed E-state index contributed by atoms with van der Waals surface area (Å²) in [7, 11) is -0.227. The lowest BCUT2D eigenvalue weighted by Crippen LogP contribution is -2.41. The highest BCUT2D eigenvalue weighted by Gasteiger charge is 2.31. The fourth-order valence-corrected chi connectivity index (χ4v) is 5.22. The number of benzene rings is 1. The zero-order valence-electron chi connectivity index (χ0n) is 17.0. The highest BCUT2D eigenvalue weighted by molar-refractivity contribution is 7.91. The normalized spacial score (nSPS) is 17.5. The first-order chi connectivity index (χ1) is 13.7. The molecule has 1 saturated heterocycles. The van der Waals surface area contributed by atoms with E-state index < -0.39 is 20.7 Å². The Balaban J connectivity index is 2.37. The molecule has 1 aromatic carbocycles. The highest BCUT2D eigenvalue weighted by atomic mass is 32.2. The Morgan fingerprint density at radius 1 is 1.31 bits per heavy atom. The largest absolute Gasteiger partial charge is 0.469 e. The number of carbonyl (C=O) groups is 1. The van der Waals surface area contributed by atoms with Gasteiger partial charge in [-0.2, -0.15) is 0 Å². The third-order valence-corrected chi connectivity index (χ3v) is 7.01. The van der Waals surface area contributed by atoms with E-state index in [-0.39, 0.29) is 42.2 Å².